The summed E-state index contributed by atoms with van der Waals surface area (Å²) in [6.07, 6.45) is 2.99. The van der Waals surface area contributed by atoms with Crippen LogP contribution in [0.3, 0.4) is 0 Å². The fourth-order valence-electron chi connectivity index (χ4n) is 4.81. The molecule has 1 fully saturated rings. The van der Waals surface area contributed by atoms with Crippen LogP contribution in [0.4, 0.5) is 10.1 Å². The highest BCUT2D eigenvalue weighted by Crippen LogP contribution is 2.27. The third-order valence-electron chi connectivity index (χ3n) is 6.57. The number of benzene rings is 1. The maximum atomic E-state index is 13.6. The maximum Gasteiger partial charge on any atom is 0.294 e. The number of nitrogens with zero attached hydrogens (tertiary/aromatic N) is 1. The third kappa shape index (κ3) is 5.22. The van der Waals surface area contributed by atoms with E-state index in [0.29, 0.717) is 73.1 Å². The monoisotopic (exact) mass is 471 g/mol. The number of Topliss-reactive ketones (excluding diaryl/α,β-unsaturated/α-hetero) is 1. The SMILES string of the molecule is CCc1c(C(=O)Nc2ccc(F)c(C)c2)c(CC)n(CC)c1C(=O)C(=O)N[C@H]1CC[C@H](O)CC1. The lowest BCUT2D eigenvalue weighted by Gasteiger charge is -2.26. The van der Waals surface area contributed by atoms with Crippen molar-refractivity contribution in [1.82, 2.24) is 9.88 Å². The van der Waals surface area contributed by atoms with Crippen molar-refractivity contribution in [3.63, 3.8) is 0 Å². The Kier molecular flexibility index (Phi) is 8.25. The highest BCUT2D eigenvalue weighted by atomic mass is 19.1. The minimum Gasteiger partial charge on any atom is -0.393 e. The summed E-state index contributed by atoms with van der Waals surface area (Å²) in [6, 6.07) is 4.20. The summed E-state index contributed by atoms with van der Waals surface area (Å²) in [5, 5.41) is 15.3. The van der Waals surface area contributed by atoms with Gasteiger partial charge in [-0.05, 0) is 81.7 Å². The van der Waals surface area contributed by atoms with E-state index in [2.05, 4.69) is 10.6 Å². The van der Waals surface area contributed by atoms with Gasteiger partial charge < -0.3 is 20.3 Å². The molecule has 0 spiro atoms. The number of carbonyl (C=O) groups is 3. The van der Waals surface area contributed by atoms with Crippen molar-refractivity contribution in [3.8, 4) is 0 Å². The fraction of sp³-hybridized carbons (Fsp3) is 0.500. The lowest BCUT2D eigenvalue weighted by molar-refractivity contribution is -0.118. The first-order valence-corrected chi connectivity index (χ1v) is 12.1. The van der Waals surface area contributed by atoms with Crippen molar-refractivity contribution < 1.29 is 23.9 Å². The van der Waals surface area contributed by atoms with E-state index >= 15 is 0 Å². The smallest absolute Gasteiger partial charge is 0.294 e. The van der Waals surface area contributed by atoms with Crippen LogP contribution in [0.1, 0.15) is 84.1 Å². The zero-order valence-electron chi connectivity index (χ0n) is 20.3. The Morgan fingerprint density at radius 1 is 1.09 bits per heavy atom. The van der Waals surface area contributed by atoms with E-state index in [1.807, 2.05) is 20.8 Å². The largest absolute Gasteiger partial charge is 0.393 e. The van der Waals surface area contributed by atoms with Crippen molar-refractivity contribution >= 4 is 23.3 Å². The van der Waals surface area contributed by atoms with Gasteiger partial charge in [0.05, 0.1) is 17.4 Å². The molecule has 0 atom stereocenters. The Labute approximate surface area is 199 Å². The van der Waals surface area contributed by atoms with Crippen molar-refractivity contribution in [2.24, 2.45) is 0 Å². The van der Waals surface area contributed by atoms with Crippen LogP contribution in [0.5, 0.6) is 0 Å². The highest BCUT2D eigenvalue weighted by Gasteiger charge is 2.32. The number of halogens is 1. The Morgan fingerprint density at radius 2 is 1.76 bits per heavy atom. The molecule has 34 heavy (non-hydrogen) atoms. The maximum absolute atomic E-state index is 13.6. The minimum absolute atomic E-state index is 0.148. The Bertz CT molecular complexity index is 1080. The second-order valence-corrected chi connectivity index (χ2v) is 8.83. The van der Waals surface area contributed by atoms with Crippen LogP contribution < -0.4 is 10.6 Å². The number of hydrogen-bond acceptors (Lipinski definition) is 4. The van der Waals surface area contributed by atoms with E-state index in [0.717, 1.165) is 0 Å². The van der Waals surface area contributed by atoms with E-state index in [1.54, 1.807) is 17.6 Å². The van der Waals surface area contributed by atoms with Crippen LogP contribution in [0.25, 0.3) is 0 Å². The molecule has 0 saturated heterocycles. The molecule has 0 bridgehead atoms. The standard InChI is InChI=1S/C26H34FN3O4/c1-5-19-22(25(33)29-17-10-13-20(27)15(4)14-17)21(6-2)30(7-3)23(19)24(32)26(34)28-16-8-11-18(31)12-9-16/h10,13-14,16,18,31H,5-9,11-12H2,1-4H3,(H,28,34)(H,29,33)/t16-,18-. The first-order chi connectivity index (χ1) is 16.2. The van der Waals surface area contributed by atoms with Gasteiger partial charge in [0.1, 0.15) is 5.82 Å². The summed E-state index contributed by atoms with van der Waals surface area (Å²) >= 11 is 0. The lowest BCUT2D eigenvalue weighted by Crippen LogP contribution is -2.42. The number of hydrogen-bond donors (Lipinski definition) is 3. The Morgan fingerprint density at radius 3 is 2.32 bits per heavy atom. The molecule has 1 aromatic heterocycles. The third-order valence-corrected chi connectivity index (χ3v) is 6.57. The molecule has 1 heterocycles. The molecule has 0 aliphatic heterocycles. The number of ketones is 1. The van der Waals surface area contributed by atoms with Crippen LogP contribution in [0.2, 0.25) is 0 Å². The van der Waals surface area contributed by atoms with Gasteiger partial charge in [-0.15, -0.1) is 0 Å². The Balaban J connectivity index is 1.94. The summed E-state index contributed by atoms with van der Waals surface area (Å²) in [6.45, 7) is 7.69. The predicted molar refractivity (Wildman–Crippen MR) is 129 cm³/mol. The number of aromatic nitrogens is 1. The number of aliphatic hydroxyl groups is 1. The number of aryl methyl sites for hydroxylation is 1. The van der Waals surface area contributed by atoms with Gasteiger partial charge in [-0.2, -0.15) is 0 Å². The second kappa shape index (κ2) is 11.0. The molecule has 2 aromatic rings. The molecular formula is C26H34FN3O4. The van der Waals surface area contributed by atoms with Crippen molar-refractivity contribution in [2.45, 2.75) is 84.9 Å². The second-order valence-electron chi connectivity index (χ2n) is 8.83. The van der Waals surface area contributed by atoms with Crippen LogP contribution >= 0.6 is 0 Å². The molecule has 0 unspecified atom stereocenters. The van der Waals surface area contributed by atoms with Crippen molar-refractivity contribution in [1.29, 1.82) is 0 Å². The minimum atomic E-state index is -0.688. The summed E-state index contributed by atoms with van der Waals surface area (Å²) in [4.78, 5) is 39.6. The topological polar surface area (TPSA) is 100 Å². The molecule has 3 rings (SSSR count). The number of carbonyl (C=O) groups excluding carboxylic acids is 3. The fourth-order valence-corrected chi connectivity index (χ4v) is 4.81. The summed E-state index contributed by atoms with van der Waals surface area (Å²) in [7, 11) is 0. The van der Waals surface area contributed by atoms with Gasteiger partial charge in [-0.1, -0.05) is 13.8 Å². The zero-order chi connectivity index (χ0) is 25.0. The number of rotatable bonds is 8. The van der Waals surface area contributed by atoms with Crippen molar-refractivity contribution in [3.05, 3.63) is 52.1 Å². The van der Waals surface area contributed by atoms with Gasteiger partial charge in [0.15, 0.2) is 0 Å². The average Bonchev–Trinajstić information content (AvgIpc) is 3.15. The molecular weight excluding hydrogens is 437 g/mol. The molecule has 2 amide bonds. The van der Waals surface area contributed by atoms with E-state index in [-0.39, 0.29) is 29.6 Å². The molecule has 0 radical (unpaired) electrons. The molecule has 7 nitrogen and oxygen atoms in total. The quantitative estimate of drug-likeness (QED) is 0.401. The number of nitrogens with one attached hydrogen (secondary N) is 2. The van der Waals surface area contributed by atoms with Crippen molar-refractivity contribution in [2.75, 3.05) is 5.32 Å². The molecule has 1 aliphatic carbocycles. The van der Waals surface area contributed by atoms with Gasteiger partial charge in [-0.3, -0.25) is 14.4 Å². The summed E-state index contributed by atoms with van der Waals surface area (Å²) < 4.78 is 15.4. The molecule has 8 heteroatoms. The summed E-state index contributed by atoms with van der Waals surface area (Å²) in [5.41, 5.74) is 2.74. The van der Waals surface area contributed by atoms with E-state index in [9.17, 15) is 23.9 Å². The first kappa shape index (κ1) is 25.6. The van der Waals surface area contributed by atoms with Crippen LogP contribution in [-0.2, 0) is 24.2 Å². The van der Waals surface area contributed by atoms with Crippen LogP contribution in [0, 0.1) is 12.7 Å². The first-order valence-electron chi connectivity index (χ1n) is 12.1. The summed E-state index contributed by atoms with van der Waals surface area (Å²) in [5.74, 6) is -2.09. The molecule has 1 saturated carbocycles. The molecule has 1 aromatic carbocycles. The van der Waals surface area contributed by atoms with Gasteiger partial charge in [0.25, 0.3) is 17.6 Å². The van der Waals surface area contributed by atoms with E-state index < -0.39 is 11.7 Å². The number of aliphatic hydroxyl groups excluding tert-OH is 1. The Hall–Kier alpha value is -3.00. The highest BCUT2D eigenvalue weighted by molar-refractivity contribution is 6.43. The lowest BCUT2D eigenvalue weighted by atomic mass is 9.93. The zero-order valence-corrected chi connectivity index (χ0v) is 20.3. The number of amides is 2. The van der Waals surface area contributed by atoms with Crippen LogP contribution in [-0.4, -0.2) is 39.4 Å². The predicted octanol–water partition coefficient (Wildman–Crippen LogP) is 3.94. The van der Waals surface area contributed by atoms with E-state index in [1.165, 1.54) is 12.1 Å². The van der Waals surface area contributed by atoms with Gasteiger partial charge in [0, 0.05) is 24.0 Å². The average molecular weight is 472 g/mol. The van der Waals surface area contributed by atoms with Gasteiger partial charge >= 0.3 is 0 Å². The van der Waals surface area contributed by atoms with Gasteiger partial charge in [0.2, 0.25) is 0 Å². The van der Waals surface area contributed by atoms with Crippen LogP contribution in [0.15, 0.2) is 18.2 Å². The number of anilines is 1. The van der Waals surface area contributed by atoms with E-state index in [4.69, 9.17) is 0 Å². The molecule has 184 valence electrons. The van der Waals surface area contributed by atoms with Gasteiger partial charge in [-0.25, -0.2) is 4.39 Å². The molecule has 3 N–H and O–H groups in total. The molecule has 1 aliphatic rings. The normalized spacial score (nSPS) is 17.9.